The summed E-state index contributed by atoms with van der Waals surface area (Å²) in [5, 5.41) is 1.16. The van der Waals surface area contributed by atoms with Crippen molar-refractivity contribution in [2.75, 3.05) is 4.90 Å². The maximum atomic E-state index is 6.78. The van der Waals surface area contributed by atoms with Gasteiger partial charge in [0.2, 0.25) is 5.71 Å². The Bertz CT molecular complexity index is 2490. The topological polar surface area (TPSA) is 20.8 Å². The fourth-order valence-corrected chi connectivity index (χ4v) is 8.65. The quantitative estimate of drug-likeness (QED) is 0.199. The van der Waals surface area contributed by atoms with Gasteiger partial charge in [-0.15, -0.1) is 0 Å². The average molecular weight is 607 g/mol. The highest BCUT2D eigenvalue weighted by molar-refractivity contribution is 6.09. The lowest BCUT2D eigenvalue weighted by molar-refractivity contribution is 0.657. The average Bonchev–Trinajstić information content (AvgIpc) is 3.76. The van der Waals surface area contributed by atoms with Crippen LogP contribution in [-0.4, -0.2) is 4.40 Å². The van der Waals surface area contributed by atoms with E-state index in [-0.39, 0.29) is 10.8 Å². The van der Waals surface area contributed by atoms with Crippen LogP contribution in [0, 0.1) is 0 Å². The molecule has 2 aromatic heterocycles. The Kier molecular flexibility index (Phi) is 5.13. The summed E-state index contributed by atoms with van der Waals surface area (Å²) >= 11 is 0. The van der Waals surface area contributed by atoms with Gasteiger partial charge in [0.1, 0.15) is 5.69 Å². The van der Waals surface area contributed by atoms with Crippen molar-refractivity contribution in [2.24, 2.45) is 0 Å². The fraction of sp³-hybridized carbons (Fsp3) is 0.136. The Labute approximate surface area is 274 Å². The van der Waals surface area contributed by atoms with Crippen molar-refractivity contribution in [3.8, 4) is 22.3 Å². The van der Waals surface area contributed by atoms with Crippen molar-refractivity contribution in [1.29, 1.82) is 0 Å². The van der Waals surface area contributed by atoms with Crippen LogP contribution < -0.4 is 4.90 Å². The molecule has 0 spiro atoms. The second-order valence-electron chi connectivity index (χ2n) is 14.2. The first-order valence-electron chi connectivity index (χ1n) is 16.5. The Morgan fingerprint density at radius 2 is 0.979 bits per heavy atom. The Morgan fingerprint density at radius 3 is 1.60 bits per heavy atom. The molecule has 0 radical (unpaired) electrons. The van der Waals surface area contributed by atoms with E-state index in [0.717, 1.165) is 44.8 Å². The molecule has 8 aromatic rings. The molecule has 10 rings (SSSR count). The number of benzene rings is 6. The zero-order valence-electron chi connectivity index (χ0n) is 27.0. The highest BCUT2D eigenvalue weighted by atomic mass is 16.3. The van der Waals surface area contributed by atoms with Crippen molar-refractivity contribution in [1.82, 2.24) is 4.40 Å². The summed E-state index contributed by atoms with van der Waals surface area (Å²) in [6.07, 6.45) is 0. The van der Waals surface area contributed by atoms with Crippen LogP contribution in [0.15, 0.2) is 138 Å². The van der Waals surface area contributed by atoms with Crippen LogP contribution >= 0.6 is 0 Å². The summed E-state index contributed by atoms with van der Waals surface area (Å²) in [6, 6.07) is 48.9. The van der Waals surface area contributed by atoms with E-state index in [1.54, 1.807) is 0 Å². The van der Waals surface area contributed by atoms with E-state index in [1.807, 2.05) is 6.07 Å². The highest BCUT2D eigenvalue weighted by Crippen LogP contribution is 2.54. The second kappa shape index (κ2) is 9.04. The van der Waals surface area contributed by atoms with Crippen LogP contribution in [0.3, 0.4) is 0 Å². The lowest BCUT2D eigenvalue weighted by Gasteiger charge is -2.29. The molecule has 0 atom stereocenters. The maximum absolute atomic E-state index is 6.78. The smallest absolute Gasteiger partial charge is 0.230 e. The molecule has 0 unspecified atom stereocenters. The zero-order chi connectivity index (χ0) is 31.7. The summed E-state index contributed by atoms with van der Waals surface area (Å²) in [6.45, 7) is 9.41. The predicted molar refractivity (Wildman–Crippen MR) is 194 cm³/mol. The van der Waals surface area contributed by atoms with Gasteiger partial charge in [0, 0.05) is 27.6 Å². The molecule has 3 heteroatoms. The van der Waals surface area contributed by atoms with Gasteiger partial charge >= 0.3 is 0 Å². The molecule has 2 aliphatic rings. The molecule has 3 nitrogen and oxygen atoms in total. The molecule has 0 aliphatic heterocycles. The highest BCUT2D eigenvalue weighted by Gasteiger charge is 2.38. The Hall–Kier alpha value is -5.54. The Morgan fingerprint density at radius 1 is 0.489 bits per heavy atom. The van der Waals surface area contributed by atoms with Crippen molar-refractivity contribution < 1.29 is 4.42 Å². The number of fused-ring (bicyclic) bond motifs is 11. The second-order valence-corrected chi connectivity index (χ2v) is 14.2. The van der Waals surface area contributed by atoms with Crippen LogP contribution in [0.4, 0.5) is 17.1 Å². The largest absolute Gasteiger partial charge is 0.436 e. The van der Waals surface area contributed by atoms with Gasteiger partial charge in [-0.25, -0.2) is 0 Å². The first-order valence-corrected chi connectivity index (χ1v) is 16.5. The van der Waals surface area contributed by atoms with Gasteiger partial charge < -0.3 is 9.32 Å². The molecule has 2 heterocycles. The minimum absolute atomic E-state index is 0.118. The summed E-state index contributed by atoms with van der Waals surface area (Å²) < 4.78 is 9.07. The van der Waals surface area contributed by atoms with E-state index in [0.29, 0.717) is 0 Å². The molecule has 0 N–H and O–H groups in total. The molecule has 0 bridgehead atoms. The van der Waals surface area contributed by atoms with E-state index in [9.17, 15) is 0 Å². The minimum Gasteiger partial charge on any atom is -0.436 e. The van der Waals surface area contributed by atoms with Crippen LogP contribution in [-0.2, 0) is 10.8 Å². The van der Waals surface area contributed by atoms with Crippen LogP contribution in [0.1, 0.15) is 49.9 Å². The molecule has 2 aliphatic carbocycles. The Balaban J connectivity index is 1.28. The van der Waals surface area contributed by atoms with Crippen LogP contribution in [0.25, 0.3) is 50.0 Å². The summed E-state index contributed by atoms with van der Waals surface area (Å²) in [5.41, 5.74) is 17.7. The van der Waals surface area contributed by atoms with Gasteiger partial charge in [0.05, 0.1) is 11.0 Å². The fourth-order valence-electron chi connectivity index (χ4n) is 8.65. The summed E-state index contributed by atoms with van der Waals surface area (Å²) in [7, 11) is 0. The zero-order valence-corrected chi connectivity index (χ0v) is 27.0. The van der Waals surface area contributed by atoms with E-state index in [4.69, 9.17) is 4.42 Å². The number of oxazole rings is 1. The molecule has 0 saturated carbocycles. The molecule has 47 heavy (non-hydrogen) atoms. The van der Waals surface area contributed by atoms with E-state index < -0.39 is 0 Å². The molecule has 0 saturated heterocycles. The van der Waals surface area contributed by atoms with Crippen molar-refractivity contribution in [2.45, 2.75) is 38.5 Å². The number of nitrogens with zero attached hydrogens (tertiary/aromatic N) is 2. The third kappa shape index (κ3) is 3.41. The molecule has 6 aromatic carbocycles. The number of anilines is 3. The van der Waals surface area contributed by atoms with Gasteiger partial charge in [0.15, 0.2) is 5.58 Å². The number of hydrogen-bond acceptors (Lipinski definition) is 2. The van der Waals surface area contributed by atoms with Gasteiger partial charge in [-0.05, 0) is 87.0 Å². The molecule has 0 fully saturated rings. The van der Waals surface area contributed by atoms with E-state index >= 15 is 0 Å². The molecular weight excluding hydrogens is 572 g/mol. The first-order chi connectivity index (χ1) is 22.8. The van der Waals surface area contributed by atoms with Crippen LogP contribution in [0.5, 0.6) is 0 Å². The van der Waals surface area contributed by atoms with Crippen molar-refractivity contribution in [3.05, 3.63) is 156 Å². The van der Waals surface area contributed by atoms with E-state index in [2.05, 4.69) is 164 Å². The predicted octanol–water partition coefficient (Wildman–Crippen LogP) is 11.9. The van der Waals surface area contributed by atoms with Gasteiger partial charge in [0.25, 0.3) is 0 Å². The van der Waals surface area contributed by atoms with Gasteiger partial charge in [-0.2, -0.15) is 0 Å². The number of para-hydroxylation sites is 3. The molecule has 0 amide bonds. The number of rotatable bonds is 3. The van der Waals surface area contributed by atoms with Gasteiger partial charge in [-0.1, -0.05) is 119 Å². The normalized spacial score (nSPS) is 15.1. The van der Waals surface area contributed by atoms with Crippen molar-refractivity contribution >= 4 is 44.8 Å². The number of aromatic nitrogens is 1. The summed E-state index contributed by atoms with van der Waals surface area (Å²) in [4.78, 5) is 2.44. The standard InChI is InChI=1S/C44H34N2O/c1-43(2)34-16-8-5-13-29(34)31-23-21-27(25-36(31)43)45(28-22-24-32-30-14-6-9-17-35(30)44(3,4)37(32)26-28)41-33-15-7-10-18-38(33)46-39-19-11-12-20-40(39)47-42(41)46/h5-26H,1-4H3. The van der Waals surface area contributed by atoms with Gasteiger partial charge in [-0.3, -0.25) is 4.40 Å². The first kappa shape index (κ1) is 26.7. The maximum Gasteiger partial charge on any atom is 0.230 e. The lowest BCUT2D eigenvalue weighted by Crippen LogP contribution is -2.18. The number of hydrogen-bond donors (Lipinski definition) is 0. The minimum atomic E-state index is -0.118. The molecule has 226 valence electrons. The lowest BCUT2D eigenvalue weighted by atomic mass is 9.82. The van der Waals surface area contributed by atoms with E-state index in [1.165, 1.54) is 44.5 Å². The van der Waals surface area contributed by atoms with Crippen LogP contribution in [0.2, 0.25) is 0 Å². The van der Waals surface area contributed by atoms with Crippen molar-refractivity contribution in [3.63, 3.8) is 0 Å². The molecular formula is C44H34N2O. The third-order valence-electron chi connectivity index (χ3n) is 11.0. The third-order valence-corrected chi connectivity index (χ3v) is 11.0. The monoisotopic (exact) mass is 606 g/mol. The SMILES string of the molecule is CC1(C)c2ccccc2-c2ccc(N(c3ccc4c(c3)C(C)(C)c3ccccc3-4)c3c4ccccc4n4c3oc3ccccc34)cc21. The summed E-state index contributed by atoms with van der Waals surface area (Å²) in [5.74, 6) is 0.